The summed E-state index contributed by atoms with van der Waals surface area (Å²) < 4.78 is 5.27. The number of ether oxygens (including phenoxy) is 1. The van der Waals surface area contributed by atoms with Crippen molar-refractivity contribution in [3.05, 3.63) is 0 Å². The van der Waals surface area contributed by atoms with Crippen molar-refractivity contribution in [2.45, 2.75) is 24.3 Å². The molecule has 3 atom stereocenters. The SMILES string of the molecule is CSC(CO)C(C)NCC(O)CN1CCOCC1. The minimum atomic E-state index is -0.369. The number of β-amino-alcohol motifs (C(OH)–C–C–N with tert-alkyl or cyclic N) is 1. The molecule has 18 heavy (non-hydrogen) atoms. The van der Waals surface area contributed by atoms with E-state index in [1.54, 1.807) is 11.8 Å². The zero-order valence-electron chi connectivity index (χ0n) is 11.3. The molecule has 1 aliphatic rings. The van der Waals surface area contributed by atoms with Gasteiger partial charge in [-0.25, -0.2) is 0 Å². The Kier molecular flexibility index (Phi) is 8.21. The molecular formula is C12H26N2O3S. The van der Waals surface area contributed by atoms with E-state index in [1.165, 1.54) is 0 Å². The monoisotopic (exact) mass is 278 g/mol. The maximum absolute atomic E-state index is 9.96. The Balaban J connectivity index is 2.17. The summed E-state index contributed by atoms with van der Waals surface area (Å²) in [5, 5.41) is 22.6. The predicted octanol–water partition coefficient (Wildman–Crippen LogP) is -0.618. The van der Waals surface area contributed by atoms with Crippen LogP contribution in [0.4, 0.5) is 0 Å². The van der Waals surface area contributed by atoms with Crippen LogP contribution in [0.25, 0.3) is 0 Å². The van der Waals surface area contributed by atoms with E-state index < -0.39 is 0 Å². The van der Waals surface area contributed by atoms with Crippen molar-refractivity contribution in [1.82, 2.24) is 10.2 Å². The van der Waals surface area contributed by atoms with Crippen LogP contribution in [-0.2, 0) is 4.74 Å². The molecule has 0 aromatic heterocycles. The first-order valence-electron chi connectivity index (χ1n) is 6.52. The topological polar surface area (TPSA) is 65.0 Å². The van der Waals surface area contributed by atoms with E-state index in [-0.39, 0.29) is 24.0 Å². The van der Waals surface area contributed by atoms with Crippen LogP contribution in [0.2, 0.25) is 0 Å². The summed E-state index contributed by atoms with van der Waals surface area (Å²) in [4.78, 5) is 2.22. The third kappa shape index (κ3) is 5.86. The van der Waals surface area contributed by atoms with E-state index in [9.17, 15) is 10.2 Å². The van der Waals surface area contributed by atoms with Gasteiger partial charge in [0.15, 0.2) is 0 Å². The average molecular weight is 278 g/mol. The Labute approximate surface area is 114 Å². The molecule has 108 valence electrons. The number of hydrogen-bond donors (Lipinski definition) is 3. The summed E-state index contributed by atoms with van der Waals surface area (Å²) in [5.74, 6) is 0. The molecule has 0 aliphatic carbocycles. The molecule has 1 fully saturated rings. The van der Waals surface area contributed by atoms with Crippen molar-refractivity contribution in [2.24, 2.45) is 0 Å². The summed E-state index contributed by atoms with van der Waals surface area (Å²) in [6.45, 7) is 6.77. The van der Waals surface area contributed by atoms with Crippen LogP contribution in [0.3, 0.4) is 0 Å². The van der Waals surface area contributed by atoms with Crippen LogP contribution in [0.5, 0.6) is 0 Å². The lowest BCUT2D eigenvalue weighted by atomic mass is 10.2. The molecule has 0 aromatic carbocycles. The Hall–Kier alpha value is 0.150. The van der Waals surface area contributed by atoms with E-state index in [1.807, 2.05) is 13.2 Å². The Morgan fingerprint density at radius 1 is 1.39 bits per heavy atom. The van der Waals surface area contributed by atoms with Gasteiger partial charge in [-0.15, -0.1) is 0 Å². The van der Waals surface area contributed by atoms with Crippen molar-refractivity contribution < 1.29 is 14.9 Å². The summed E-state index contributed by atoms with van der Waals surface area (Å²) in [6.07, 6.45) is 1.62. The fourth-order valence-corrected chi connectivity index (χ4v) is 2.69. The maximum Gasteiger partial charge on any atom is 0.0791 e. The largest absolute Gasteiger partial charge is 0.395 e. The number of aliphatic hydroxyl groups excluding tert-OH is 2. The smallest absolute Gasteiger partial charge is 0.0791 e. The Morgan fingerprint density at radius 2 is 2.06 bits per heavy atom. The van der Waals surface area contributed by atoms with Gasteiger partial charge in [0.1, 0.15) is 0 Å². The van der Waals surface area contributed by atoms with Crippen molar-refractivity contribution >= 4 is 11.8 Å². The minimum absolute atomic E-state index is 0.162. The standard InChI is InChI=1S/C12H26N2O3S/c1-10(12(9-15)18-2)13-7-11(16)8-14-3-5-17-6-4-14/h10-13,15-16H,3-9H2,1-2H3. The van der Waals surface area contributed by atoms with Crippen LogP contribution in [-0.4, -0.2) is 84.8 Å². The van der Waals surface area contributed by atoms with E-state index >= 15 is 0 Å². The molecule has 5 nitrogen and oxygen atoms in total. The number of rotatable bonds is 8. The zero-order valence-corrected chi connectivity index (χ0v) is 12.2. The first kappa shape index (κ1) is 16.2. The lowest BCUT2D eigenvalue weighted by Gasteiger charge is -2.29. The highest BCUT2D eigenvalue weighted by atomic mass is 32.2. The average Bonchev–Trinajstić information content (AvgIpc) is 2.39. The van der Waals surface area contributed by atoms with Crippen LogP contribution >= 0.6 is 11.8 Å². The van der Waals surface area contributed by atoms with Gasteiger partial charge in [-0.3, -0.25) is 4.90 Å². The second-order valence-corrected chi connectivity index (χ2v) is 5.80. The molecule has 6 heteroatoms. The van der Waals surface area contributed by atoms with Crippen molar-refractivity contribution in [1.29, 1.82) is 0 Å². The number of hydrogen-bond acceptors (Lipinski definition) is 6. The summed E-state index contributed by atoms with van der Waals surface area (Å²) >= 11 is 1.64. The molecule has 0 bridgehead atoms. The number of nitrogens with one attached hydrogen (secondary N) is 1. The van der Waals surface area contributed by atoms with Gasteiger partial charge in [0.05, 0.1) is 25.9 Å². The molecular weight excluding hydrogens is 252 g/mol. The third-order valence-corrected chi connectivity index (χ3v) is 4.45. The van der Waals surface area contributed by atoms with Crippen LogP contribution in [0.15, 0.2) is 0 Å². The summed E-state index contributed by atoms with van der Waals surface area (Å²) in [5.41, 5.74) is 0. The highest BCUT2D eigenvalue weighted by Crippen LogP contribution is 2.10. The second kappa shape index (κ2) is 9.12. The van der Waals surface area contributed by atoms with Gasteiger partial charge in [-0.2, -0.15) is 11.8 Å². The Bertz CT molecular complexity index is 211. The molecule has 1 heterocycles. The number of morpholine rings is 1. The molecule has 0 amide bonds. The normalized spacial score (nSPS) is 22.7. The van der Waals surface area contributed by atoms with Crippen LogP contribution in [0, 0.1) is 0 Å². The van der Waals surface area contributed by atoms with Crippen LogP contribution in [0.1, 0.15) is 6.92 Å². The lowest BCUT2D eigenvalue weighted by Crippen LogP contribution is -2.46. The minimum Gasteiger partial charge on any atom is -0.395 e. The second-order valence-electron chi connectivity index (χ2n) is 4.72. The van der Waals surface area contributed by atoms with Crippen molar-refractivity contribution in [3.63, 3.8) is 0 Å². The van der Waals surface area contributed by atoms with Crippen molar-refractivity contribution in [3.8, 4) is 0 Å². The molecule has 3 unspecified atom stereocenters. The summed E-state index contributed by atoms with van der Waals surface area (Å²) in [6, 6.07) is 0.198. The molecule has 3 N–H and O–H groups in total. The Morgan fingerprint density at radius 3 is 2.61 bits per heavy atom. The van der Waals surface area contributed by atoms with Gasteiger partial charge in [0.25, 0.3) is 0 Å². The molecule has 0 radical (unpaired) electrons. The zero-order chi connectivity index (χ0) is 13.4. The van der Waals surface area contributed by atoms with Gasteiger partial charge in [0, 0.05) is 37.5 Å². The third-order valence-electron chi connectivity index (χ3n) is 3.29. The molecule has 0 spiro atoms. The fourth-order valence-electron chi connectivity index (χ4n) is 2.04. The first-order valence-corrected chi connectivity index (χ1v) is 7.81. The lowest BCUT2D eigenvalue weighted by molar-refractivity contribution is 0.0145. The van der Waals surface area contributed by atoms with E-state index in [0.717, 1.165) is 26.3 Å². The molecule has 1 saturated heterocycles. The van der Waals surface area contributed by atoms with Crippen molar-refractivity contribution in [2.75, 3.05) is 52.3 Å². The first-order chi connectivity index (χ1) is 8.67. The van der Waals surface area contributed by atoms with Gasteiger partial charge >= 0.3 is 0 Å². The predicted molar refractivity (Wildman–Crippen MR) is 75.1 cm³/mol. The van der Waals surface area contributed by atoms with Crippen LogP contribution < -0.4 is 5.32 Å². The van der Waals surface area contributed by atoms with Gasteiger partial charge < -0.3 is 20.3 Å². The number of aliphatic hydroxyl groups is 2. The van der Waals surface area contributed by atoms with E-state index in [2.05, 4.69) is 10.2 Å². The molecule has 0 saturated carbocycles. The highest BCUT2D eigenvalue weighted by molar-refractivity contribution is 7.99. The van der Waals surface area contributed by atoms with Gasteiger partial charge in [-0.1, -0.05) is 0 Å². The maximum atomic E-state index is 9.96. The van der Waals surface area contributed by atoms with Gasteiger partial charge in [-0.05, 0) is 13.2 Å². The quantitative estimate of drug-likeness (QED) is 0.550. The highest BCUT2D eigenvalue weighted by Gasteiger charge is 2.18. The number of thioether (sulfide) groups is 1. The van der Waals surface area contributed by atoms with Gasteiger partial charge in [0.2, 0.25) is 0 Å². The molecule has 0 aromatic rings. The van der Waals surface area contributed by atoms with E-state index in [0.29, 0.717) is 13.1 Å². The molecule has 1 rings (SSSR count). The fraction of sp³-hybridized carbons (Fsp3) is 1.00. The number of nitrogens with zero attached hydrogens (tertiary/aromatic N) is 1. The van der Waals surface area contributed by atoms with E-state index in [4.69, 9.17) is 4.74 Å². The molecule has 1 aliphatic heterocycles. The summed E-state index contributed by atoms with van der Waals surface area (Å²) in [7, 11) is 0.